The van der Waals surface area contributed by atoms with Gasteiger partial charge >= 0.3 is 0 Å². The maximum atomic E-state index is 9.71. The highest BCUT2D eigenvalue weighted by atomic mass is 16.5. The molecule has 2 rings (SSSR count). The van der Waals surface area contributed by atoms with Crippen LogP contribution in [0.2, 0.25) is 0 Å². The molecule has 3 heteroatoms. The summed E-state index contributed by atoms with van der Waals surface area (Å²) in [5.41, 5.74) is 1.78. The van der Waals surface area contributed by atoms with Crippen molar-refractivity contribution in [1.82, 2.24) is 0 Å². The van der Waals surface area contributed by atoms with E-state index in [1.807, 2.05) is 30.3 Å². The summed E-state index contributed by atoms with van der Waals surface area (Å²) in [6, 6.07) is 13.8. The molecule has 0 aliphatic heterocycles. The lowest BCUT2D eigenvalue weighted by Gasteiger charge is -2.09. The monoisotopic (exact) mass is 216 g/mol. The molecule has 0 spiro atoms. The Hall–Kier alpha value is -1.84. The van der Waals surface area contributed by atoms with E-state index in [2.05, 4.69) is 0 Å². The molecule has 3 N–H and O–H groups in total. The molecule has 0 aliphatic rings. The summed E-state index contributed by atoms with van der Waals surface area (Å²) in [6.45, 7) is 0. The van der Waals surface area contributed by atoms with Gasteiger partial charge in [-0.15, -0.1) is 0 Å². The summed E-state index contributed by atoms with van der Waals surface area (Å²) in [6.07, 6.45) is -1.52. The van der Waals surface area contributed by atoms with Gasteiger partial charge in [0.05, 0.1) is 0 Å². The van der Waals surface area contributed by atoms with Crippen molar-refractivity contribution in [3.8, 4) is 16.9 Å². The van der Waals surface area contributed by atoms with Gasteiger partial charge in [0.1, 0.15) is 5.75 Å². The molecule has 0 amide bonds. The first kappa shape index (κ1) is 10.7. The second-order valence-corrected chi connectivity index (χ2v) is 3.52. The fourth-order valence-electron chi connectivity index (χ4n) is 1.56. The number of aliphatic hydroxyl groups excluding tert-OH is 1. The van der Waals surface area contributed by atoms with Gasteiger partial charge < -0.3 is 15.3 Å². The molecule has 0 aliphatic carbocycles. The number of hydrogen-bond acceptors (Lipinski definition) is 3. The Morgan fingerprint density at radius 1 is 0.875 bits per heavy atom. The van der Waals surface area contributed by atoms with E-state index < -0.39 is 6.29 Å². The summed E-state index contributed by atoms with van der Waals surface area (Å²) in [4.78, 5) is 0. The van der Waals surface area contributed by atoms with Gasteiger partial charge in [-0.3, -0.25) is 0 Å². The Balaban J connectivity index is 2.52. The molecule has 0 unspecified atom stereocenters. The van der Waals surface area contributed by atoms with Crippen LogP contribution in [0.4, 0.5) is 0 Å². The van der Waals surface area contributed by atoms with Crippen molar-refractivity contribution >= 4 is 0 Å². The Morgan fingerprint density at radius 2 is 1.56 bits per heavy atom. The van der Waals surface area contributed by atoms with Crippen molar-refractivity contribution in [2.45, 2.75) is 6.29 Å². The summed E-state index contributed by atoms with van der Waals surface area (Å²) < 4.78 is 0. The second kappa shape index (κ2) is 4.35. The molecule has 0 fully saturated rings. The number of phenols is 1. The van der Waals surface area contributed by atoms with E-state index in [1.165, 1.54) is 12.1 Å². The third kappa shape index (κ3) is 2.05. The second-order valence-electron chi connectivity index (χ2n) is 3.52. The van der Waals surface area contributed by atoms with Crippen molar-refractivity contribution in [3.63, 3.8) is 0 Å². The first-order valence-electron chi connectivity index (χ1n) is 4.93. The van der Waals surface area contributed by atoms with Crippen LogP contribution in [0.1, 0.15) is 11.9 Å². The van der Waals surface area contributed by atoms with Crippen LogP contribution in [0.5, 0.6) is 5.75 Å². The number of hydrogen-bond donors (Lipinski definition) is 3. The van der Waals surface area contributed by atoms with Crippen LogP contribution in [0, 0.1) is 0 Å². The smallest absolute Gasteiger partial charge is 0.178 e. The van der Waals surface area contributed by atoms with E-state index >= 15 is 0 Å². The highest BCUT2D eigenvalue weighted by Gasteiger charge is 2.08. The van der Waals surface area contributed by atoms with Gasteiger partial charge in [0.2, 0.25) is 0 Å². The molecule has 2 aromatic carbocycles. The molecule has 0 bridgehead atoms. The summed E-state index contributed by atoms with van der Waals surface area (Å²) >= 11 is 0. The van der Waals surface area contributed by atoms with Gasteiger partial charge in [0, 0.05) is 11.1 Å². The quantitative estimate of drug-likeness (QED) is 0.673. The average molecular weight is 216 g/mol. The number of aliphatic hydroxyl groups is 2. The fraction of sp³-hybridized carbons (Fsp3) is 0.0769. The van der Waals surface area contributed by atoms with Gasteiger partial charge in [0.15, 0.2) is 6.29 Å². The zero-order chi connectivity index (χ0) is 11.5. The lowest BCUT2D eigenvalue weighted by Crippen LogP contribution is -1.94. The minimum atomic E-state index is -1.52. The van der Waals surface area contributed by atoms with Crippen molar-refractivity contribution in [2.24, 2.45) is 0 Å². The average Bonchev–Trinajstić information content (AvgIpc) is 2.30. The van der Waals surface area contributed by atoms with Crippen LogP contribution in [0.3, 0.4) is 0 Å². The molecule has 0 saturated heterocycles. The number of benzene rings is 2. The zero-order valence-corrected chi connectivity index (χ0v) is 8.54. The van der Waals surface area contributed by atoms with E-state index in [0.717, 1.165) is 5.56 Å². The molecule has 3 nitrogen and oxygen atoms in total. The van der Waals surface area contributed by atoms with Gasteiger partial charge in [0.25, 0.3) is 0 Å². The van der Waals surface area contributed by atoms with Crippen LogP contribution in [0.25, 0.3) is 11.1 Å². The Labute approximate surface area is 93.2 Å². The summed E-state index contributed by atoms with van der Waals surface area (Å²) in [5, 5.41) is 27.8. The van der Waals surface area contributed by atoms with Crippen molar-refractivity contribution in [1.29, 1.82) is 0 Å². The van der Waals surface area contributed by atoms with Gasteiger partial charge in [-0.25, -0.2) is 0 Å². The van der Waals surface area contributed by atoms with E-state index in [-0.39, 0.29) is 5.75 Å². The predicted octanol–water partition coefficient (Wildman–Crippen LogP) is 2.04. The lowest BCUT2D eigenvalue weighted by atomic mass is 10.0. The molecule has 16 heavy (non-hydrogen) atoms. The molecule has 0 heterocycles. The molecule has 0 atom stereocenters. The molecule has 0 saturated carbocycles. The molecular weight excluding hydrogens is 204 g/mol. The first-order valence-corrected chi connectivity index (χ1v) is 4.93. The molecule has 0 radical (unpaired) electrons. The Bertz CT molecular complexity index is 478. The van der Waals surface area contributed by atoms with Gasteiger partial charge in [-0.2, -0.15) is 0 Å². The minimum absolute atomic E-state index is 0.121. The predicted molar refractivity (Wildman–Crippen MR) is 60.7 cm³/mol. The number of aromatic hydroxyl groups is 1. The topological polar surface area (TPSA) is 60.7 Å². The van der Waals surface area contributed by atoms with Gasteiger partial charge in [-0.1, -0.05) is 36.4 Å². The van der Waals surface area contributed by atoms with Gasteiger partial charge in [-0.05, 0) is 17.7 Å². The first-order chi connectivity index (χ1) is 7.68. The lowest BCUT2D eigenvalue weighted by molar-refractivity contribution is -0.0424. The van der Waals surface area contributed by atoms with E-state index in [0.29, 0.717) is 11.1 Å². The van der Waals surface area contributed by atoms with Crippen molar-refractivity contribution in [3.05, 3.63) is 54.1 Å². The molecule has 82 valence electrons. The highest BCUT2D eigenvalue weighted by Crippen LogP contribution is 2.31. The Morgan fingerprint density at radius 3 is 2.19 bits per heavy atom. The number of rotatable bonds is 2. The summed E-state index contributed by atoms with van der Waals surface area (Å²) in [7, 11) is 0. The number of phenolic OH excluding ortho intramolecular Hbond substituents is 1. The maximum Gasteiger partial charge on any atom is 0.178 e. The zero-order valence-electron chi connectivity index (χ0n) is 8.54. The Kier molecular flexibility index (Phi) is 2.90. The molecular formula is C13H12O3. The largest absolute Gasteiger partial charge is 0.507 e. The van der Waals surface area contributed by atoms with Crippen molar-refractivity contribution in [2.75, 3.05) is 0 Å². The molecule has 0 aromatic heterocycles. The highest BCUT2D eigenvalue weighted by molar-refractivity contribution is 5.70. The fourth-order valence-corrected chi connectivity index (χ4v) is 1.56. The SMILES string of the molecule is Oc1ccc(C(O)O)cc1-c1ccccc1. The van der Waals surface area contributed by atoms with E-state index in [9.17, 15) is 5.11 Å². The summed E-state index contributed by atoms with van der Waals surface area (Å²) in [5.74, 6) is 0.121. The van der Waals surface area contributed by atoms with Crippen LogP contribution < -0.4 is 0 Å². The van der Waals surface area contributed by atoms with E-state index in [1.54, 1.807) is 6.07 Å². The standard InChI is InChI=1S/C13H12O3/c14-12-7-6-10(13(15)16)8-11(12)9-4-2-1-3-5-9/h1-8,13-16H. The normalized spacial score (nSPS) is 10.7. The maximum absolute atomic E-state index is 9.71. The van der Waals surface area contributed by atoms with Crippen LogP contribution in [-0.2, 0) is 0 Å². The molecule has 2 aromatic rings. The third-order valence-electron chi connectivity index (χ3n) is 2.40. The van der Waals surface area contributed by atoms with Crippen LogP contribution in [0.15, 0.2) is 48.5 Å². The van der Waals surface area contributed by atoms with Crippen LogP contribution in [-0.4, -0.2) is 15.3 Å². The minimum Gasteiger partial charge on any atom is -0.507 e. The van der Waals surface area contributed by atoms with Crippen LogP contribution >= 0.6 is 0 Å². The van der Waals surface area contributed by atoms with E-state index in [4.69, 9.17) is 10.2 Å². The van der Waals surface area contributed by atoms with Crippen molar-refractivity contribution < 1.29 is 15.3 Å². The third-order valence-corrected chi connectivity index (χ3v) is 2.40.